The summed E-state index contributed by atoms with van der Waals surface area (Å²) in [6, 6.07) is 6.84. The van der Waals surface area contributed by atoms with Crippen LogP contribution in [-0.4, -0.2) is 55.7 Å². The summed E-state index contributed by atoms with van der Waals surface area (Å²) in [7, 11) is 0. The van der Waals surface area contributed by atoms with Gasteiger partial charge in [-0.25, -0.2) is 0 Å². The van der Waals surface area contributed by atoms with Gasteiger partial charge in [-0.15, -0.1) is 0 Å². The van der Waals surface area contributed by atoms with E-state index in [0.29, 0.717) is 6.54 Å². The van der Waals surface area contributed by atoms with Crippen LogP contribution in [0.15, 0.2) is 24.3 Å². The van der Waals surface area contributed by atoms with Gasteiger partial charge in [0.1, 0.15) is 5.75 Å². The molecule has 1 aromatic rings. The fourth-order valence-electron chi connectivity index (χ4n) is 2.82. The Kier molecular flexibility index (Phi) is 5.90. The highest BCUT2D eigenvalue weighted by atomic mass is 19.3. The Morgan fingerprint density at radius 3 is 2.43 bits per heavy atom. The highest BCUT2D eigenvalue weighted by molar-refractivity contribution is 5.36. The van der Waals surface area contributed by atoms with Crippen LogP contribution in [0.2, 0.25) is 0 Å². The predicted molar refractivity (Wildman–Crippen MR) is 78.6 cm³/mol. The van der Waals surface area contributed by atoms with E-state index in [4.69, 9.17) is 5.73 Å². The molecule has 1 aliphatic rings. The molecule has 21 heavy (non-hydrogen) atoms. The minimum Gasteiger partial charge on any atom is -0.434 e. The van der Waals surface area contributed by atoms with Gasteiger partial charge in [-0.2, -0.15) is 8.78 Å². The number of nitrogens with two attached hydrogens (primary N) is 1. The Labute approximate surface area is 124 Å². The van der Waals surface area contributed by atoms with E-state index in [2.05, 4.69) is 21.5 Å². The molecule has 0 radical (unpaired) electrons. The van der Waals surface area contributed by atoms with Crippen LogP contribution in [0, 0.1) is 0 Å². The lowest BCUT2D eigenvalue weighted by molar-refractivity contribution is -0.0513. The summed E-state index contributed by atoms with van der Waals surface area (Å²) in [5.74, 6) is 0.223. The molecule has 0 spiro atoms. The minimum atomic E-state index is -2.82. The molecule has 0 aliphatic carbocycles. The van der Waals surface area contributed by atoms with E-state index in [-0.39, 0.29) is 11.8 Å². The molecule has 6 heteroatoms. The molecule has 118 valence electrons. The number of alkyl halides is 2. The fraction of sp³-hybridized carbons (Fsp3) is 0.600. The smallest absolute Gasteiger partial charge is 0.387 e. The molecule has 1 aromatic carbocycles. The second-order valence-electron chi connectivity index (χ2n) is 5.14. The van der Waals surface area contributed by atoms with E-state index in [1.807, 2.05) is 12.1 Å². The lowest BCUT2D eigenvalue weighted by Crippen LogP contribution is -2.48. The van der Waals surface area contributed by atoms with Gasteiger partial charge in [0, 0.05) is 38.3 Å². The molecule has 0 aromatic heterocycles. The largest absolute Gasteiger partial charge is 0.434 e. The van der Waals surface area contributed by atoms with Crippen molar-refractivity contribution < 1.29 is 13.5 Å². The molecule has 0 bridgehead atoms. The van der Waals surface area contributed by atoms with Crippen LogP contribution >= 0.6 is 0 Å². The summed E-state index contributed by atoms with van der Waals surface area (Å²) in [5, 5.41) is 0. The lowest BCUT2D eigenvalue weighted by Gasteiger charge is -2.39. The van der Waals surface area contributed by atoms with Crippen molar-refractivity contribution in [2.75, 3.05) is 39.3 Å². The molecule has 1 aliphatic heterocycles. The average Bonchev–Trinajstić information content (AvgIpc) is 2.50. The van der Waals surface area contributed by atoms with Gasteiger partial charge in [0.25, 0.3) is 0 Å². The monoisotopic (exact) mass is 299 g/mol. The number of rotatable bonds is 6. The van der Waals surface area contributed by atoms with Gasteiger partial charge in [0.2, 0.25) is 0 Å². The van der Waals surface area contributed by atoms with Crippen LogP contribution in [0.1, 0.15) is 18.5 Å². The third-order valence-electron chi connectivity index (χ3n) is 4.01. The maximum atomic E-state index is 12.5. The van der Waals surface area contributed by atoms with Crippen LogP contribution in [-0.2, 0) is 0 Å². The van der Waals surface area contributed by atoms with E-state index < -0.39 is 6.61 Å². The molecule has 1 heterocycles. The molecule has 2 rings (SSSR count). The third kappa shape index (κ3) is 4.12. The first-order valence-corrected chi connectivity index (χ1v) is 7.36. The highest BCUT2D eigenvalue weighted by Crippen LogP contribution is 2.30. The highest BCUT2D eigenvalue weighted by Gasteiger charge is 2.26. The van der Waals surface area contributed by atoms with Gasteiger partial charge < -0.3 is 15.4 Å². The average molecular weight is 299 g/mol. The maximum absolute atomic E-state index is 12.5. The van der Waals surface area contributed by atoms with Crippen molar-refractivity contribution >= 4 is 0 Å². The molecule has 4 nitrogen and oxygen atoms in total. The number of ether oxygens (including phenoxy) is 1. The van der Waals surface area contributed by atoms with Crippen LogP contribution in [0.3, 0.4) is 0 Å². The van der Waals surface area contributed by atoms with Gasteiger partial charge in [-0.05, 0) is 12.6 Å². The molecular weight excluding hydrogens is 276 g/mol. The number of hydrogen-bond donors (Lipinski definition) is 1. The Morgan fingerprint density at radius 2 is 1.86 bits per heavy atom. The van der Waals surface area contributed by atoms with Crippen molar-refractivity contribution in [1.82, 2.24) is 9.80 Å². The van der Waals surface area contributed by atoms with E-state index in [9.17, 15) is 8.78 Å². The zero-order valence-electron chi connectivity index (χ0n) is 12.3. The van der Waals surface area contributed by atoms with Gasteiger partial charge in [-0.1, -0.05) is 25.1 Å². The number of piperazine rings is 1. The number of halogens is 2. The van der Waals surface area contributed by atoms with Crippen LogP contribution in [0.25, 0.3) is 0 Å². The first-order chi connectivity index (χ1) is 10.2. The molecule has 0 amide bonds. The van der Waals surface area contributed by atoms with Crippen molar-refractivity contribution in [3.8, 4) is 5.75 Å². The van der Waals surface area contributed by atoms with E-state index in [1.54, 1.807) is 12.1 Å². The number of hydrogen-bond acceptors (Lipinski definition) is 4. The fourth-order valence-corrected chi connectivity index (χ4v) is 2.82. The zero-order valence-corrected chi connectivity index (χ0v) is 12.3. The Bertz CT molecular complexity index is 437. The zero-order chi connectivity index (χ0) is 15.2. The molecular formula is C15H23F2N3O. The van der Waals surface area contributed by atoms with E-state index in [0.717, 1.165) is 38.3 Å². The summed E-state index contributed by atoms with van der Waals surface area (Å²) in [5.41, 5.74) is 6.65. The molecule has 0 saturated carbocycles. The summed E-state index contributed by atoms with van der Waals surface area (Å²) < 4.78 is 29.7. The third-order valence-corrected chi connectivity index (χ3v) is 4.01. The van der Waals surface area contributed by atoms with Crippen molar-refractivity contribution in [2.45, 2.75) is 19.6 Å². The van der Waals surface area contributed by atoms with E-state index >= 15 is 0 Å². The van der Waals surface area contributed by atoms with Gasteiger partial charge in [0.05, 0.1) is 6.04 Å². The SMILES string of the molecule is CCN1CCN(C(CN)c2ccccc2OC(F)F)CC1. The summed E-state index contributed by atoms with van der Waals surface area (Å²) in [4.78, 5) is 4.62. The quantitative estimate of drug-likeness (QED) is 0.871. The van der Waals surface area contributed by atoms with Crippen molar-refractivity contribution in [2.24, 2.45) is 5.73 Å². The second kappa shape index (κ2) is 7.68. The first kappa shape index (κ1) is 16.1. The van der Waals surface area contributed by atoms with Gasteiger partial charge >= 0.3 is 6.61 Å². The number of benzene rings is 1. The molecule has 1 saturated heterocycles. The molecule has 2 N–H and O–H groups in total. The first-order valence-electron chi connectivity index (χ1n) is 7.36. The summed E-state index contributed by atoms with van der Waals surface area (Å²) >= 11 is 0. The standard InChI is InChI=1S/C15H23F2N3O/c1-2-19-7-9-20(10-8-19)13(11-18)12-5-3-4-6-14(12)21-15(16)17/h3-6,13,15H,2,7-11,18H2,1H3. The minimum absolute atomic E-state index is 0.0843. The number of likely N-dealkylation sites (N-methyl/N-ethyl adjacent to an activating group) is 1. The molecule has 1 atom stereocenters. The van der Waals surface area contributed by atoms with E-state index in [1.165, 1.54) is 0 Å². The maximum Gasteiger partial charge on any atom is 0.387 e. The normalized spacial score (nSPS) is 18.9. The van der Waals surface area contributed by atoms with Crippen molar-refractivity contribution in [3.63, 3.8) is 0 Å². The van der Waals surface area contributed by atoms with Crippen LogP contribution < -0.4 is 10.5 Å². The Hall–Kier alpha value is -1.24. The van der Waals surface area contributed by atoms with Gasteiger partial charge in [-0.3, -0.25) is 4.90 Å². The molecule has 1 fully saturated rings. The second-order valence-corrected chi connectivity index (χ2v) is 5.14. The Balaban J connectivity index is 2.14. The molecule has 1 unspecified atom stereocenters. The Morgan fingerprint density at radius 1 is 1.19 bits per heavy atom. The number of para-hydroxylation sites is 1. The lowest BCUT2D eigenvalue weighted by atomic mass is 10.0. The van der Waals surface area contributed by atoms with Crippen LogP contribution in [0.5, 0.6) is 5.75 Å². The summed E-state index contributed by atoms with van der Waals surface area (Å²) in [6.45, 7) is 4.47. The summed E-state index contributed by atoms with van der Waals surface area (Å²) in [6.07, 6.45) is 0. The van der Waals surface area contributed by atoms with Crippen molar-refractivity contribution in [3.05, 3.63) is 29.8 Å². The number of nitrogens with zero attached hydrogens (tertiary/aromatic N) is 2. The topological polar surface area (TPSA) is 41.7 Å². The predicted octanol–water partition coefficient (Wildman–Crippen LogP) is 1.93. The van der Waals surface area contributed by atoms with Crippen LogP contribution in [0.4, 0.5) is 8.78 Å². The van der Waals surface area contributed by atoms with Crippen molar-refractivity contribution in [1.29, 1.82) is 0 Å². The van der Waals surface area contributed by atoms with Gasteiger partial charge in [0.15, 0.2) is 0 Å².